The molecule has 0 aliphatic heterocycles. The van der Waals surface area contributed by atoms with E-state index in [-0.39, 0.29) is 6.04 Å². The van der Waals surface area contributed by atoms with Crippen LogP contribution < -0.4 is 5.73 Å². The molecular weight excluding hydrogens is 186 g/mol. The molecule has 86 valence electrons. The first-order valence-corrected chi connectivity index (χ1v) is 6.02. The Morgan fingerprint density at radius 2 is 2.13 bits per heavy atom. The average molecular weight is 209 g/mol. The van der Waals surface area contributed by atoms with E-state index in [2.05, 4.69) is 36.6 Å². The highest BCUT2D eigenvalue weighted by molar-refractivity contribution is 5.11. The quantitative estimate of drug-likeness (QED) is 0.780. The number of nitrogens with two attached hydrogens (primary N) is 1. The summed E-state index contributed by atoms with van der Waals surface area (Å²) in [6.07, 6.45) is 4.20. The van der Waals surface area contributed by atoms with Crippen molar-refractivity contribution in [3.05, 3.63) is 17.5 Å². The molecule has 1 unspecified atom stereocenters. The monoisotopic (exact) mass is 209 g/mol. The van der Waals surface area contributed by atoms with Crippen molar-refractivity contribution >= 4 is 0 Å². The van der Waals surface area contributed by atoms with Crippen molar-refractivity contribution in [2.45, 2.75) is 59.0 Å². The third-order valence-electron chi connectivity index (χ3n) is 2.71. The van der Waals surface area contributed by atoms with Crippen molar-refractivity contribution in [2.24, 2.45) is 5.73 Å². The molecule has 0 radical (unpaired) electrons. The Balaban J connectivity index is 2.69. The summed E-state index contributed by atoms with van der Waals surface area (Å²) in [5.74, 6) is 0. The predicted octanol–water partition coefficient (Wildman–Crippen LogP) is 2.14. The van der Waals surface area contributed by atoms with Crippen molar-refractivity contribution in [1.29, 1.82) is 0 Å². The van der Waals surface area contributed by atoms with Gasteiger partial charge in [-0.25, -0.2) is 0 Å². The third-order valence-corrected chi connectivity index (χ3v) is 2.71. The molecule has 1 aromatic heterocycles. The Hall–Kier alpha value is -0.830. The van der Waals surface area contributed by atoms with Gasteiger partial charge in [0, 0.05) is 24.7 Å². The maximum Gasteiger partial charge on any atom is 0.0624 e. The minimum Gasteiger partial charge on any atom is -0.327 e. The molecule has 3 heteroatoms. The first kappa shape index (κ1) is 12.2. The lowest BCUT2D eigenvalue weighted by Crippen LogP contribution is -2.23. The Morgan fingerprint density at radius 1 is 1.40 bits per heavy atom. The van der Waals surface area contributed by atoms with Gasteiger partial charge in [0.2, 0.25) is 0 Å². The van der Waals surface area contributed by atoms with Crippen molar-refractivity contribution in [1.82, 2.24) is 9.78 Å². The molecule has 0 amide bonds. The second-order valence-corrected chi connectivity index (χ2v) is 4.05. The van der Waals surface area contributed by atoms with Crippen molar-refractivity contribution in [2.75, 3.05) is 0 Å². The average Bonchev–Trinajstić information content (AvgIpc) is 2.60. The van der Waals surface area contributed by atoms with Crippen LogP contribution in [0.4, 0.5) is 0 Å². The van der Waals surface area contributed by atoms with E-state index in [4.69, 9.17) is 5.73 Å². The van der Waals surface area contributed by atoms with Crippen LogP contribution >= 0.6 is 0 Å². The first-order valence-electron chi connectivity index (χ1n) is 6.02. The molecule has 0 bridgehead atoms. The SMILES string of the molecule is CCCC(N)Cc1cc(CC)nn1CC. The van der Waals surface area contributed by atoms with Crippen molar-refractivity contribution in [3.8, 4) is 0 Å². The lowest BCUT2D eigenvalue weighted by Gasteiger charge is -2.10. The van der Waals surface area contributed by atoms with Gasteiger partial charge in [-0.3, -0.25) is 4.68 Å². The molecule has 3 nitrogen and oxygen atoms in total. The van der Waals surface area contributed by atoms with Crippen LogP contribution in [0.15, 0.2) is 6.07 Å². The molecule has 0 fully saturated rings. The van der Waals surface area contributed by atoms with Gasteiger partial charge in [0.15, 0.2) is 0 Å². The van der Waals surface area contributed by atoms with E-state index in [9.17, 15) is 0 Å². The van der Waals surface area contributed by atoms with Crippen LogP contribution in [0, 0.1) is 0 Å². The number of hydrogen-bond donors (Lipinski definition) is 1. The zero-order valence-corrected chi connectivity index (χ0v) is 10.2. The van der Waals surface area contributed by atoms with Crippen LogP contribution in [0.3, 0.4) is 0 Å². The van der Waals surface area contributed by atoms with Crippen LogP contribution in [0.1, 0.15) is 45.0 Å². The Bertz CT molecular complexity index is 291. The summed E-state index contributed by atoms with van der Waals surface area (Å²) < 4.78 is 2.08. The molecule has 1 aromatic rings. The van der Waals surface area contributed by atoms with Gasteiger partial charge in [-0.05, 0) is 25.8 Å². The molecule has 0 saturated carbocycles. The molecular formula is C12H23N3. The molecule has 1 heterocycles. The fraction of sp³-hybridized carbons (Fsp3) is 0.750. The summed E-state index contributed by atoms with van der Waals surface area (Å²) >= 11 is 0. The molecule has 0 spiro atoms. The Labute approximate surface area is 92.7 Å². The Morgan fingerprint density at radius 3 is 2.67 bits per heavy atom. The number of rotatable bonds is 6. The van der Waals surface area contributed by atoms with Crippen molar-refractivity contribution in [3.63, 3.8) is 0 Å². The third kappa shape index (κ3) is 3.34. The van der Waals surface area contributed by atoms with E-state index in [1.807, 2.05) is 0 Å². The minimum absolute atomic E-state index is 0.279. The fourth-order valence-electron chi connectivity index (χ4n) is 1.87. The minimum atomic E-state index is 0.279. The van der Waals surface area contributed by atoms with E-state index < -0.39 is 0 Å². The fourth-order valence-corrected chi connectivity index (χ4v) is 1.87. The van der Waals surface area contributed by atoms with Gasteiger partial charge in [-0.1, -0.05) is 20.3 Å². The molecule has 15 heavy (non-hydrogen) atoms. The van der Waals surface area contributed by atoms with E-state index in [1.165, 1.54) is 11.4 Å². The van der Waals surface area contributed by atoms with Crippen LogP contribution in [0.2, 0.25) is 0 Å². The summed E-state index contributed by atoms with van der Waals surface area (Å²) in [6.45, 7) is 7.38. The zero-order valence-electron chi connectivity index (χ0n) is 10.2. The molecule has 1 atom stereocenters. The normalized spacial score (nSPS) is 13.1. The summed E-state index contributed by atoms with van der Waals surface area (Å²) in [4.78, 5) is 0. The van der Waals surface area contributed by atoms with E-state index in [0.717, 1.165) is 32.2 Å². The number of aromatic nitrogens is 2. The van der Waals surface area contributed by atoms with Gasteiger partial charge in [-0.15, -0.1) is 0 Å². The highest BCUT2D eigenvalue weighted by atomic mass is 15.3. The number of aryl methyl sites for hydroxylation is 2. The zero-order chi connectivity index (χ0) is 11.3. The predicted molar refractivity (Wildman–Crippen MR) is 63.9 cm³/mol. The van der Waals surface area contributed by atoms with Gasteiger partial charge in [0.25, 0.3) is 0 Å². The topological polar surface area (TPSA) is 43.8 Å². The smallest absolute Gasteiger partial charge is 0.0624 e. The maximum atomic E-state index is 6.05. The van der Waals surface area contributed by atoms with E-state index in [0.29, 0.717) is 0 Å². The second-order valence-electron chi connectivity index (χ2n) is 4.05. The van der Waals surface area contributed by atoms with Crippen LogP contribution in [-0.4, -0.2) is 15.8 Å². The Kier molecular flexibility index (Phi) is 4.82. The largest absolute Gasteiger partial charge is 0.327 e. The summed E-state index contributed by atoms with van der Waals surface area (Å²) in [5, 5.41) is 4.52. The van der Waals surface area contributed by atoms with Crippen LogP contribution in [-0.2, 0) is 19.4 Å². The van der Waals surface area contributed by atoms with Crippen LogP contribution in [0.5, 0.6) is 0 Å². The first-order chi connectivity index (χ1) is 7.21. The summed E-state index contributed by atoms with van der Waals surface area (Å²) in [7, 11) is 0. The van der Waals surface area contributed by atoms with Gasteiger partial charge >= 0.3 is 0 Å². The number of hydrogen-bond acceptors (Lipinski definition) is 2. The standard InChI is InChI=1S/C12H23N3/c1-4-7-10(13)8-12-9-11(5-2)14-15(12)6-3/h9-10H,4-8,13H2,1-3H3. The maximum absolute atomic E-state index is 6.05. The van der Waals surface area contributed by atoms with Gasteiger partial charge in [0.05, 0.1) is 5.69 Å². The van der Waals surface area contributed by atoms with Gasteiger partial charge in [0.1, 0.15) is 0 Å². The molecule has 0 aliphatic carbocycles. The van der Waals surface area contributed by atoms with E-state index >= 15 is 0 Å². The van der Waals surface area contributed by atoms with Crippen LogP contribution in [0.25, 0.3) is 0 Å². The highest BCUT2D eigenvalue weighted by Gasteiger charge is 2.09. The lowest BCUT2D eigenvalue weighted by atomic mass is 10.1. The summed E-state index contributed by atoms with van der Waals surface area (Å²) in [6, 6.07) is 2.47. The molecule has 1 rings (SSSR count). The van der Waals surface area contributed by atoms with Gasteiger partial charge in [-0.2, -0.15) is 5.10 Å². The molecule has 0 saturated heterocycles. The molecule has 2 N–H and O–H groups in total. The highest BCUT2D eigenvalue weighted by Crippen LogP contribution is 2.09. The summed E-state index contributed by atoms with van der Waals surface area (Å²) in [5.41, 5.74) is 8.51. The lowest BCUT2D eigenvalue weighted by molar-refractivity contribution is 0.548. The molecule has 0 aromatic carbocycles. The van der Waals surface area contributed by atoms with E-state index in [1.54, 1.807) is 0 Å². The second kappa shape index (κ2) is 5.91. The van der Waals surface area contributed by atoms with Gasteiger partial charge < -0.3 is 5.73 Å². The van der Waals surface area contributed by atoms with Crippen molar-refractivity contribution < 1.29 is 0 Å². The number of nitrogens with zero attached hydrogens (tertiary/aromatic N) is 2. The molecule has 0 aliphatic rings.